The summed E-state index contributed by atoms with van der Waals surface area (Å²) in [6.45, 7) is 2.29. The van der Waals surface area contributed by atoms with E-state index >= 15 is 0 Å². The maximum absolute atomic E-state index is 11.4. The molecule has 9 heteroatoms. The summed E-state index contributed by atoms with van der Waals surface area (Å²) in [5, 5.41) is 11.3. The van der Waals surface area contributed by atoms with Gasteiger partial charge in [-0.15, -0.1) is 17.0 Å². The molecule has 1 aliphatic heterocycles. The van der Waals surface area contributed by atoms with E-state index in [9.17, 15) is 19.7 Å². The van der Waals surface area contributed by atoms with Crippen LogP contribution in [0.25, 0.3) is 11.0 Å². The van der Waals surface area contributed by atoms with Crippen LogP contribution in [0.2, 0.25) is 0 Å². The van der Waals surface area contributed by atoms with Crippen LogP contribution in [0.1, 0.15) is 24.8 Å². The fourth-order valence-electron chi connectivity index (χ4n) is 2.85. The molecule has 23 heavy (non-hydrogen) atoms. The SMILES string of the molecule is Br.O=c1[nH]c2cc(CN3CCCCC3)c([N+](=O)[O-])cc2[nH]c1=O. The highest BCUT2D eigenvalue weighted by Gasteiger charge is 2.20. The Labute approximate surface area is 141 Å². The number of nitro benzene ring substituents is 1. The number of nitro groups is 1. The van der Waals surface area contributed by atoms with Crippen LogP contribution in [0.4, 0.5) is 5.69 Å². The number of nitrogens with one attached hydrogen (secondary N) is 2. The van der Waals surface area contributed by atoms with Gasteiger partial charge >= 0.3 is 11.1 Å². The van der Waals surface area contributed by atoms with Crippen molar-refractivity contribution in [2.45, 2.75) is 25.8 Å². The first-order valence-electron chi connectivity index (χ1n) is 7.20. The van der Waals surface area contributed by atoms with Crippen LogP contribution in [0.3, 0.4) is 0 Å². The van der Waals surface area contributed by atoms with Gasteiger partial charge in [0.15, 0.2) is 0 Å². The summed E-state index contributed by atoms with van der Waals surface area (Å²) >= 11 is 0. The van der Waals surface area contributed by atoms with E-state index in [4.69, 9.17) is 0 Å². The van der Waals surface area contributed by atoms with Gasteiger partial charge in [-0.1, -0.05) is 6.42 Å². The molecule has 0 saturated carbocycles. The zero-order chi connectivity index (χ0) is 15.7. The van der Waals surface area contributed by atoms with Gasteiger partial charge in [0.25, 0.3) is 5.69 Å². The smallest absolute Gasteiger partial charge is 0.314 e. The predicted octanol–water partition coefficient (Wildman–Crippen LogP) is 1.69. The molecular formula is C14H17BrN4O4. The Morgan fingerprint density at radius 2 is 1.61 bits per heavy atom. The highest BCUT2D eigenvalue weighted by molar-refractivity contribution is 8.93. The standard InChI is InChI=1S/C14H16N4O4.BrH/c19-13-14(20)16-11-7-12(18(21)22)9(6-10(11)15-13)8-17-4-2-1-3-5-17;/h6-7H,1-5,8H2,(H,15,19)(H,16,20);1H. The number of likely N-dealkylation sites (tertiary alicyclic amines) is 1. The molecule has 124 valence electrons. The third-order valence-electron chi connectivity index (χ3n) is 3.96. The quantitative estimate of drug-likeness (QED) is 0.474. The van der Waals surface area contributed by atoms with Crippen LogP contribution >= 0.6 is 17.0 Å². The average Bonchev–Trinajstić information content (AvgIpc) is 2.49. The number of piperidine rings is 1. The lowest BCUT2D eigenvalue weighted by atomic mass is 10.1. The predicted molar refractivity (Wildman–Crippen MR) is 91.3 cm³/mol. The zero-order valence-electron chi connectivity index (χ0n) is 12.3. The molecule has 1 fully saturated rings. The highest BCUT2D eigenvalue weighted by Crippen LogP contribution is 2.25. The molecule has 0 unspecified atom stereocenters. The average molecular weight is 385 g/mol. The van der Waals surface area contributed by atoms with Crippen molar-refractivity contribution in [2.24, 2.45) is 0 Å². The lowest BCUT2D eigenvalue weighted by Crippen LogP contribution is -2.30. The Morgan fingerprint density at radius 3 is 2.17 bits per heavy atom. The van der Waals surface area contributed by atoms with E-state index < -0.39 is 16.0 Å². The van der Waals surface area contributed by atoms with Crippen LogP contribution < -0.4 is 11.1 Å². The molecule has 1 saturated heterocycles. The van der Waals surface area contributed by atoms with Gasteiger partial charge in [-0.2, -0.15) is 0 Å². The van der Waals surface area contributed by atoms with Crippen molar-refractivity contribution in [3.63, 3.8) is 0 Å². The van der Waals surface area contributed by atoms with E-state index in [1.54, 1.807) is 6.07 Å². The second-order valence-electron chi connectivity index (χ2n) is 5.53. The molecule has 0 aliphatic carbocycles. The van der Waals surface area contributed by atoms with Gasteiger partial charge in [0, 0.05) is 18.2 Å². The second-order valence-corrected chi connectivity index (χ2v) is 5.53. The van der Waals surface area contributed by atoms with Crippen LogP contribution in [0, 0.1) is 10.1 Å². The molecule has 2 heterocycles. The molecule has 0 bridgehead atoms. The fourth-order valence-corrected chi connectivity index (χ4v) is 2.85. The second kappa shape index (κ2) is 7.05. The summed E-state index contributed by atoms with van der Waals surface area (Å²) in [6, 6.07) is 2.89. The molecule has 2 N–H and O–H groups in total. The number of nitrogens with zero attached hydrogens (tertiary/aromatic N) is 2. The van der Waals surface area contributed by atoms with Gasteiger partial charge < -0.3 is 9.97 Å². The largest absolute Gasteiger partial charge is 0.316 e. The summed E-state index contributed by atoms with van der Waals surface area (Å²) in [6.07, 6.45) is 3.36. The summed E-state index contributed by atoms with van der Waals surface area (Å²) in [4.78, 5) is 40.6. The molecule has 0 amide bonds. The van der Waals surface area contributed by atoms with Crippen LogP contribution in [0.15, 0.2) is 21.7 Å². The molecule has 1 aliphatic rings. The van der Waals surface area contributed by atoms with E-state index in [1.165, 1.54) is 12.5 Å². The van der Waals surface area contributed by atoms with Crippen LogP contribution in [0.5, 0.6) is 0 Å². The third kappa shape index (κ3) is 3.67. The fraction of sp³-hybridized carbons (Fsp3) is 0.429. The van der Waals surface area contributed by atoms with Gasteiger partial charge in [0.05, 0.1) is 16.0 Å². The maximum atomic E-state index is 11.4. The first kappa shape index (κ1) is 17.4. The lowest BCUT2D eigenvalue weighted by molar-refractivity contribution is -0.385. The third-order valence-corrected chi connectivity index (χ3v) is 3.96. The number of fused-ring (bicyclic) bond motifs is 1. The van der Waals surface area contributed by atoms with Gasteiger partial charge in [0.2, 0.25) is 0 Å². The molecule has 2 aromatic rings. The summed E-state index contributed by atoms with van der Waals surface area (Å²) < 4.78 is 0. The monoisotopic (exact) mass is 384 g/mol. The minimum atomic E-state index is -0.814. The number of halogens is 1. The van der Waals surface area contributed by atoms with Crippen molar-refractivity contribution in [3.8, 4) is 0 Å². The van der Waals surface area contributed by atoms with Crippen molar-refractivity contribution in [1.29, 1.82) is 0 Å². The maximum Gasteiger partial charge on any atom is 0.314 e. The molecule has 0 radical (unpaired) electrons. The molecule has 0 atom stereocenters. The van der Waals surface area contributed by atoms with Gasteiger partial charge in [-0.05, 0) is 32.0 Å². The Hall–Kier alpha value is -2.00. The first-order chi connectivity index (χ1) is 10.5. The van der Waals surface area contributed by atoms with Crippen molar-refractivity contribution in [2.75, 3.05) is 13.1 Å². The van der Waals surface area contributed by atoms with Gasteiger partial charge in [-0.25, -0.2) is 0 Å². The Balaban J connectivity index is 0.00000192. The minimum Gasteiger partial charge on any atom is -0.316 e. The van der Waals surface area contributed by atoms with E-state index in [1.807, 2.05) is 0 Å². The molecule has 1 aromatic carbocycles. The Kier molecular flexibility index (Phi) is 5.32. The van der Waals surface area contributed by atoms with Crippen molar-refractivity contribution in [3.05, 3.63) is 48.5 Å². The molecule has 8 nitrogen and oxygen atoms in total. The van der Waals surface area contributed by atoms with E-state index in [0.29, 0.717) is 17.6 Å². The summed E-state index contributed by atoms with van der Waals surface area (Å²) in [7, 11) is 0. The van der Waals surface area contributed by atoms with E-state index in [2.05, 4.69) is 14.9 Å². The summed E-state index contributed by atoms with van der Waals surface area (Å²) in [5.41, 5.74) is -0.403. The van der Waals surface area contributed by atoms with Crippen molar-refractivity contribution >= 4 is 33.7 Å². The number of aromatic amines is 2. The Morgan fingerprint density at radius 1 is 1.04 bits per heavy atom. The number of hydrogen-bond acceptors (Lipinski definition) is 5. The molecule has 3 rings (SSSR count). The van der Waals surface area contributed by atoms with E-state index in [0.717, 1.165) is 25.9 Å². The molecular weight excluding hydrogens is 368 g/mol. The number of hydrogen-bond donors (Lipinski definition) is 2. The van der Waals surface area contributed by atoms with Crippen LogP contribution in [-0.2, 0) is 6.54 Å². The van der Waals surface area contributed by atoms with Gasteiger partial charge in [0.1, 0.15) is 0 Å². The van der Waals surface area contributed by atoms with E-state index in [-0.39, 0.29) is 28.2 Å². The molecule has 1 aromatic heterocycles. The first-order valence-corrected chi connectivity index (χ1v) is 7.20. The minimum absolute atomic E-state index is 0. The topological polar surface area (TPSA) is 112 Å². The number of rotatable bonds is 3. The Bertz CT molecular complexity index is 839. The van der Waals surface area contributed by atoms with Crippen LogP contribution in [-0.4, -0.2) is 32.9 Å². The number of H-pyrrole nitrogens is 2. The molecule has 0 spiro atoms. The highest BCUT2D eigenvalue weighted by atomic mass is 79.9. The lowest BCUT2D eigenvalue weighted by Gasteiger charge is -2.26. The number of benzene rings is 1. The van der Waals surface area contributed by atoms with Gasteiger partial charge in [-0.3, -0.25) is 24.6 Å². The summed E-state index contributed by atoms with van der Waals surface area (Å²) in [5.74, 6) is 0. The zero-order valence-corrected chi connectivity index (χ0v) is 14.0. The number of aromatic nitrogens is 2. The normalized spacial score (nSPS) is 15.3. The van der Waals surface area contributed by atoms with Crippen molar-refractivity contribution in [1.82, 2.24) is 14.9 Å². The van der Waals surface area contributed by atoms with Crippen molar-refractivity contribution < 1.29 is 4.92 Å².